The van der Waals surface area contributed by atoms with E-state index in [-0.39, 0.29) is 6.04 Å². The average Bonchev–Trinajstić information content (AvgIpc) is 3.46. The highest BCUT2D eigenvalue weighted by Crippen LogP contribution is 2.42. The fraction of sp³-hybridized carbons (Fsp3) is 0.419. The van der Waals surface area contributed by atoms with Crippen molar-refractivity contribution in [3.63, 3.8) is 0 Å². The Kier molecular flexibility index (Phi) is 6.38. The van der Waals surface area contributed by atoms with E-state index in [1.54, 1.807) is 7.11 Å². The molecule has 1 unspecified atom stereocenters. The molecule has 5 aromatic rings. The van der Waals surface area contributed by atoms with Crippen LogP contribution < -0.4 is 9.64 Å². The fourth-order valence-electron chi connectivity index (χ4n) is 6.44. The highest BCUT2D eigenvalue weighted by molar-refractivity contribution is 6.07. The molecule has 0 aliphatic carbocycles. The van der Waals surface area contributed by atoms with Gasteiger partial charge in [0.2, 0.25) is 0 Å². The van der Waals surface area contributed by atoms with Crippen LogP contribution in [-0.4, -0.2) is 62.9 Å². The molecule has 9 nitrogen and oxygen atoms in total. The standard InChI is InChI=1S/C31H35N7O2/c1-20-31(36(2)35-34-20)22-16-27-30(33-18-22)24-19-32-29(37-11-6-12-37)17-26(24)38(27)25(15-21-9-13-40-14-10-21)23-7-4-5-8-28(23)39-3/h4-5,7-8,16-19,21,25H,6,9-15H2,1-3H3. The molecule has 4 aromatic heterocycles. The number of hydrogen-bond donors (Lipinski definition) is 0. The normalized spacial score (nSPS) is 16.9. The van der Waals surface area contributed by atoms with Gasteiger partial charge in [0.1, 0.15) is 11.6 Å². The minimum atomic E-state index is 0.0497. The van der Waals surface area contributed by atoms with Gasteiger partial charge < -0.3 is 18.9 Å². The second-order valence-electron chi connectivity index (χ2n) is 11.1. The predicted octanol–water partition coefficient (Wildman–Crippen LogP) is 5.31. The van der Waals surface area contributed by atoms with Crippen LogP contribution in [0.2, 0.25) is 0 Å². The molecular formula is C31H35N7O2. The monoisotopic (exact) mass is 537 g/mol. The summed E-state index contributed by atoms with van der Waals surface area (Å²) in [4.78, 5) is 12.3. The molecule has 0 saturated carbocycles. The van der Waals surface area contributed by atoms with Gasteiger partial charge in [-0.3, -0.25) is 4.98 Å². The first-order valence-corrected chi connectivity index (χ1v) is 14.2. The lowest BCUT2D eigenvalue weighted by Gasteiger charge is -2.32. The zero-order valence-electron chi connectivity index (χ0n) is 23.4. The van der Waals surface area contributed by atoms with Crippen LogP contribution in [0.3, 0.4) is 0 Å². The van der Waals surface area contributed by atoms with Crippen LogP contribution in [0.25, 0.3) is 33.2 Å². The van der Waals surface area contributed by atoms with E-state index in [2.05, 4.69) is 50.1 Å². The maximum absolute atomic E-state index is 5.95. The van der Waals surface area contributed by atoms with Crippen molar-refractivity contribution in [2.75, 3.05) is 38.3 Å². The van der Waals surface area contributed by atoms with E-state index >= 15 is 0 Å². The van der Waals surface area contributed by atoms with Gasteiger partial charge in [0.15, 0.2) is 0 Å². The summed E-state index contributed by atoms with van der Waals surface area (Å²) in [6, 6.07) is 13.0. The molecule has 2 aliphatic rings. The van der Waals surface area contributed by atoms with Gasteiger partial charge >= 0.3 is 0 Å². The SMILES string of the molecule is COc1ccccc1C(CC1CCOCC1)n1c2cc(N3CCC3)ncc2c2ncc(-c3c(C)nnn3C)cc21. The summed E-state index contributed by atoms with van der Waals surface area (Å²) in [5.41, 5.74) is 7.24. The first kappa shape index (κ1) is 25.0. The second kappa shape index (κ2) is 10.2. The van der Waals surface area contributed by atoms with Crippen LogP contribution >= 0.6 is 0 Å². The molecule has 7 rings (SSSR count). The lowest BCUT2D eigenvalue weighted by molar-refractivity contribution is 0.0609. The Hall–Kier alpha value is -3.98. The highest BCUT2D eigenvalue weighted by atomic mass is 16.5. The van der Waals surface area contributed by atoms with Crippen molar-refractivity contribution >= 4 is 27.8 Å². The summed E-state index contributed by atoms with van der Waals surface area (Å²) in [5, 5.41) is 9.62. The molecule has 0 N–H and O–H groups in total. The minimum Gasteiger partial charge on any atom is -0.496 e. The van der Waals surface area contributed by atoms with E-state index in [1.807, 2.05) is 37.1 Å². The number of rotatable bonds is 7. The summed E-state index contributed by atoms with van der Waals surface area (Å²) in [6.07, 6.45) is 8.27. The number of fused-ring (bicyclic) bond motifs is 3. The molecule has 6 heterocycles. The zero-order valence-corrected chi connectivity index (χ0v) is 23.4. The van der Waals surface area contributed by atoms with E-state index < -0.39 is 0 Å². The van der Waals surface area contributed by atoms with E-state index in [0.29, 0.717) is 5.92 Å². The number of aromatic nitrogens is 6. The maximum atomic E-state index is 5.95. The Morgan fingerprint density at radius 3 is 2.60 bits per heavy atom. The molecule has 9 heteroatoms. The van der Waals surface area contributed by atoms with Crippen LogP contribution in [0.1, 0.15) is 43.0 Å². The van der Waals surface area contributed by atoms with Crippen LogP contribution in [0, 0.1) is 12.8 Å². The van der Waals surface area contributed by atoms with Crippen LogP contribution in [-0.2, 0) is 11.8 Å². The van der Waals surface area contributed by atoms with E-state index in [0.717, 1.165) is 96.0 Å². The van der Waals surface area contributed by atoms with Gasteiger partial charge in [-0.15, -0.1) is 5.10 Å². The lowest BCUT2D eigenvalue weighted by atomic mass is 9.88. The van der Waals surface area contributed by atoms with Crippen LogP contribution in [0.5, 0.6) is 5.75 Å². The van der Waals surface area contributed by atoms with Gasteiger partial charge in [0.05, 0.1) is 41.1 Å². The highest BCUT2D eigenvalue weighted by Gasteiger charge is 2.29. The number of nitrogens with zero attached hydrogens (tertiary/aromatic N) is 7. The predicted molar refractivity (Wildman–Crippen MR) is 156 cm³/mol. The summed E-state index contributed by atoms with van der Waals surface area (Å²) < 4.78 is 16.0. The summed E-state index contributed by atoms with van der Waals surface area (Å²) in [5.74, 6) is 2.48. The number of hydrogen-bond acceptors (Lipinski definition) is 7. The van der Waals surface area contributed by atoms with E-state index in [1.165, 1.54) is 12.0 Å². The molecule has 0 radical (unpaired) electrons. The van der Waals surface area contributed by atoms with Crippen molar-refractivity contribution in [3.8, 4) is 17.0 Å². The largest absolute Gasteiger partial charge is 0.496 e. The van der Waals surface area contributed by atoms with Crippen molar-refractivity contribution in [2.24, 2.45) is 13.0 Å². The molecule has 2 aliphatic heterocycles. The Labute approximate surface area is 233 Å². The van der Waals surface area contributed by atoms with Crippen molar-refractivity contribution in [1.29, 1.82) is 0 Å². The van der Waals surface area contributed by atoms with Gasteiger partial charge in [0, 0.05) is 68.3 Å². The third-order valence-corrected chi connectivity index (χ3v) is 8.67. The van der Waals surface area contributed by atoms with Crippen LogP contribution in [0.4, 0.5) is 5.82 Å². The molecular weight excluding hydrogens is 502 g/mol. The molecule has 206 valence electrons. The van der Waals surface area contributed by atoms with Gasteiger partial charge in [-0.25, -0.2) is 9.67 Å². The number of benzene rings is 1. The topological polar surface area (TPSA) is 83.1 Å². The zero-order chi connectivity index (χ0) is 27.2. The molecule has 0 bridgehead atoms. The molecule has 1 atom stereocenters. The maximum Gasteiger partial charge on any atom is 0.130 e. The fourth-order valence-corrected chi connectivity index (χ4v) is 6.44. The Balaban J connectivity index is 1.50. The number of pyridine rings is 2. The minimum absolute atomic E-state index is 0.0497. The number of para-hydroxylation sites is 1. The van der Waals surface area contributed by atoms with Gasteiger partial charge in [-0.05, 0) is 50.7 Å². The van der Waals surface area contributed by atoms with Crippen molar-refractivity contribution in [2.45, 2.75) is 38.6 Å². The van der Waals surface area contributed by atoms with Gasteiger partial charge in [0.25, 0.3) is 0 Å². The lowest BCUT2D eigenvalue weighted by Crippen LogP contribution is -2.37. The number of anilines is 1. The molecule has 1 aromatic carbocycles. The second-order valence-corrected chi connectivity index (χ2v) is 11.1. The first-order chi connectivity index (χ1) is 19.6. The quantitative estimate of drug-likeness (QED) is 0.278. The molecule has 0 spiro atoms. The third-order valence-electron chi connectivity index (χ3n) is 8.67. The van der Waals surface area contributed by atoms with Crippen LogP contribution in [0.15, 0.2) is 48.8 Å². The molecule has 0 amide bonds. The molecule has 2 fully saturated rings. The summed E-state index contributed by atoms with van der Waals surface area (Å²) >= 11 is 0. The van der Waals surface area contributed by atoms with E-state index in [4.69, 9.17) is 19.4 Å². The Morgan fingerprint density at radius 1 is 1.05 bits per heavy atom. The molecule has 40 heavy (non-hydrogen) atoms. The molecule has 2 saturated heterocycles. The Morgan fingerprint density at radius 2 is 1.88 bits per heavy atom. The number of methoxy groups -OCH3 is 1. The summed E-state index contributed by atoms with van der Waals surface area (Å²) in [6.45, 7) is 5.72. The van der Waals surface area contributed by atoms with Gasteiger partial charge in [-0.1, -0.05) is 23.4 Å². The first-order valence-electron chi connectivity index (χ1n) is 14.2. The number of ether oxygens (including phenoxy) is 2. The number of aryl methyl sites for hydroxylation is 2. The van der Waals surface area contributed by atoms with Crippen molar-refractivity contribution in [1.82, 2.24) is 29.5 Å². The van der Waals surface area contributed by atoms with Crippen molar-refractivity contribution < 1.29 is 9.47 Å². The Bertz CT molecular complexity index is 1660. The van der Waals surface area contributed by atoms with Crippen molar-refractivity contribution in [3.05, 3.63) is 60.0 Å². The average molecular weight is 538 g/mol. The summed E-state index contributed by atoms with van der Waals surface area (Å²) in [7, 11) is 3.70. The smallest absolute Gasteiger partial charge is 0.130 e. The third kappa shape index (κ3) is 4.20. The van der Waals surface area contributed by atoms with Gasteiger partial charge in [-0.2, -0.15) is 0 Å². The van der Waals surface area contributed by atoms with E-state index in [9.17, 15) is 0 Å².